The molecule has 0 saturated carbocycles. The third-order valence-corrected chi connectivity index (χ3v) is 5.38. The monoisotopic (exact) mass is 464 g/mol. The van der Waals surface area contributed by atoms with Gasteiger partial charge in [-0.15, -0.1) is 5.10 Å². The van der Waals surface area contributed by atoms with Crippen LogP contribution in [0.5, 0.6) is 11.6 Å². The molecule has 2 aromatic heterocycles. The number of nitriles is 1. The Morgan fingerprint density at radius 3 is 2.49 bits per heavy atom. The Balaban J connectivity index is 1.54. The highest BCUT2D eigenvalue weighted by atomic mass is 16.5. The first-order valence-corrected chi connectivity index (χ1v) is 10.9. The molecule has 9 nitrogen and oxygen atoms in total. The third-order valence-electron chi connectivity index (χ3n) is 5.38. The van der Waals surface area contributed by atoms with Crippen LogP contribution in [0.15, 0.2) is 71.5 Å². The molecule has 5 rings (SSSR count). The van der Waals surface area contributed by atoms with Crippen molar-refractivity contribution in [2.75, 3.05) is 5.32 Å². The maximum absolute atomic E-state index is 13.3. The fraction of sp³-hybridized carbons (Fsp3) is 0.115. The lowest BCUT2D eigenvalue weighted by atomic mass is 10.1. The summed E-state index contributed by atoms with van der Waals surface area (Å²) >= 11 is 0. The SMILES string of the molecule is Cc1cc(C)cc(Oc2nc3ccccc3n3c(=O)n(CC(=O)Nc4ccc(C#N)cc4)nc23)c1. The van der Waals surface area contributed by atoms with Crippen LogP contribution < -0.4 is 15.7 Å². The van der Waals surface area contributed by atoms with Crippen molar-refractivity contribution in [3.05, 3.63) is 93.9 Å². The molecule has 0 aliphatic rings. The largest absolute Gasteiger partial charge is 0.436 e. The van der Waals surface area contributed by atoms with Crippen LogP contribution in [0.2, 0.25) is 0 Å². The number of nitrogens with one attached hydrogen (secondary N) is 1. The number of fused-ring (bicyclic) bond motifs is 3. The van der Waals surface area contributed by atoms with Gasteiger partial charge >= 0.3 is 5.69 Å². The quantitative estimate of drug-likeness (QED) is 0.421. The summed E-state index contributed by atoms with van der Waals surface area (Å²) in [5, 5.41) is 16.0. The van der Waals surface area contributed by atoms with Crippen molar-refractivity contribution in [1.82, 2.24) is 19.2 Å². The van der Waals surface area contributed by atoms with Gasteiger partial charge in [0.15, 0.2) is 0 Å². The van der Waals surface area contributed by atoms with E-state index in [0.717, 1.165) is 15.8 Å². The van der Waals surface area contributed by atoms with E-state index in [1.807, 2.05) is 44.2 Å². The van der Waals surface area contributed by atoms with Gasteiger partial charge in [0, 0.05) is 5.69 Å². The van der Waals surface area contributed by atoms with E-state index < -0.39 is 11.6 Å². The van der Waals surface area contributed by atoms with Crippen molar-refractivity contribution in [3.63, 3.8) is 0 Å². The van der Waals surface area contributed by atoms with E-state index in [0.29, 0.717) is 28.0 Å². The summed E-state index contributed by atoms with van der Waals surface area (Å²) in [5.74, 6) is 0.305. The summed E-state index contributed by atoms with van der Waals surface area (Å²) in [7, 11) is 0. The van der Waals surface area contributed by atoms with E-state index in [9.17, 15) is 9.59 Å². The standard InChI is InChI=1S/C26H20N6O3/c1-16-11-17(2)13-20(12-16)35-25-24-30-31(15-23(33)28-19-9-7-18(14-27)8-10-19)26(34)32(24)22-6-4-3-5-21(22)29-25/h3-13H,15H2,1-2H3,(H,28,33). The van der Waals surface area contributed by atoms with E-state index in [4.69, 9.17) is 10.00 Å². The van der Waals surface area contributed by atoms with Gasteiger partial charge in [-0.1, -0.05) is 18.2 Å². The number of carbonyl (C=O) groups excluding carboxylic acids is 1. The number of amides is 1. The van der Waals surface area contributed by atoms with E-state index in [-0.39, 0.29) is 18.1 Å². The second kappa shape index (κ2) is 8.76. The van der Waals surface area contributed by atoms with Gasteiger partial charge in [-0.3, -0.25) is 4.79 Å². The van der Waals surface area contributed by atoms with E-state index in [2.05, 4.69) is 15.4 Å². The van der Waals surface area contributed by atoms with Crippen molar-refractivity contribution in [2.45, 2.75) is 20.4 Å². The Morgan fingerprint density at radius 1 is 1.06 bits per heavy atom. The molecule has 2 heterocycles. The van der Waals surface area contributed by atoms with Crippen LogP contribution in [0.3, 0.4) is 0 Å². The maximum Gasteiger partial charge on any atom is 0.351 e. The number of nitrogens with zero attached hydrogens (tertiary/aromatic N) is 5. The van der Waals surface area contributed by atoms with Gasteiger partial charge in [0.1, 0.15) is 12.3 Å². The second-order valence-electron chi connectivity index (χ2n) is 8.17. The number of aromatic nitrogens is 4. The van der Waals surface area contributed by atoms with Gasteiger partial charge in [-0.25, -0.2) is 18.9 Å². The summed E-state index contributed by atoms with van der Waals surface area (Å²) in [6.07, 6.45) is 0. The minimum absolute atomic E-state index is 0.164. The minimum Gasteiger partial charge on any atom is -0.436 e. The molecular formula is C26H20N6O3. The number of anilines is 1. The first kappa shape index (κ1) is 21.9. The zero-order valence-electron chi connectivity index (χ0n) is 19.0. The first-order valence-electron chi connectivity index (χ1n) is 10.9. The maximum atomic E-state index is 13.3. The first-order chi connectivity index (χ1) is 16.9. The molecule has 0 fully saturated rings. The molecule has 0 saturated heterocycles. The molecule has 1 amide bonds. The number of benzene rings is 3. The average molecular weight is 464 g/mol. The Bertz CT molecular complexity index is 1670. The van der Waals surface area contributed by atoms with Crippen LogP contribution in [-0.2, 0) is 11.3 Å². The highest BCUT2D eigenvalue weighted by Gasteiger charge is 2.19. The lowest BCUT2D eigenvalue weighted by Gasteiger charge is -2.09. The van der Waals surface area contributed by atoms with E-state index >= 15 is 0 Å². The smallest absolute Gasteiger partial charge is 0.351 e. The number of rotatable bonds is 5. The Hall–Kier alpha value is -4.97. The van der Waals surface area contributed by atoms with Crippen molar-refractivity contribution < 1.29 is 9.53 Å². The van der Waals surface area contributed by atoms with Crippen molar-refractivity contribution >= 4 is 28.3 Å². The number of hydrogen-bond donors (Lipinski definition) is 1. The highest BCUT2D eigenvalue weighted by molar-refractivity contribution is 5.90. The van der Waals surface area contributed by atoms with Crippen LogP contribution >= 0.6 is 0 Å². The molecule has 0 aliphatic heterocycles. The van der Waals surface area contributed by atoms with Crippen LogP contribution in [0, 0.1) is 25.2 Å². The molecule has 9 heteroatoms. The second-order valence-corrected chi connectivity index (χ2v) is 8.17. The summed E-state index contributed by atoms with van der Waals surface area (Å²) in [6, 6.07) is 21.4. The zero-order chi connectivity index (χ0) is 24.5. The van der Waals surface area contributed by atoms with Crippen LogP contribution in [0.4, 0.5) is 5.69 Å². The van der Waals surface area contributed by atoms with Crippen LogP contribution in [0.1, 0.15) is 16.7 Å². The normalized spacial score (nSPS) is 10.9. The lowest BCUT2D eigenvalue weighted by molar-refractivity contribution is -0.117. The highest BCUT2D eigenvalue weighted by Crippen LogP contribution is 2.27. The van der Waals surface area contributed by atoms with E-state index in [1.165, 1.54) is 4.40 Å². The predicted molar refractivity (Wildman–Crippen MR) is 131 cm³/mol. The van der Waals surface area contributed by atoms with Crippen molar-refractivity contribution in [1.29, 1.82) is 5.26 Å². The van der Waals surface area contributed by atoms with E-state index in [1.54, 1.807) is 42.5 Å². The summed E-state index contributed by atoms with van der Waals surface area (Å²) < 4.78 is 8.56. The average Bonchev–Trinajstić information content (AvgIpc) is 3.15. The van der Waals surface area contributed by atoms with Gasteiger partial charge in [-0.2, -0.15) is 5.26 Å². The Morgan fingerprint density at radius 2 is 1.77 bits per heavy atom. The molecule has 5 aromatic rings. The summed E-state index contributed by atoms with van der Waals surface area (Å²) in [5.41, 5.74) is 3.88. The fourth-order valence-corrected chi connectivity index (χ4v) is 3.91. The topological polar surface area (TPSA) is 114 Å². The number of ether oxygens (including phenoxy) is 1. The summed E-state index contributed by atoms with van der Waals surface area (Å²) in [6.45, 7) is 3.63. The molecule has 3 aromatic carbocycles. The van der Waals surface area contributed by atoms with Gasteiger partial charge in [-0.05, 0) is 73.5 Å². The minimum atomic E-state index is -0.487. The third kappa shape index (κ3) is 4.32. The zero-order valence-corrected chi connectivity index (χ0v) is 19.0. The van der Waals surface area contributed by atoms with Crippen molar-refractivity contribution in [2.24, 2.45) is 0 Å². The van der Waals surface area contributed by atoms with Crippen LogP contribution in [0.25, 0.3) is 16.7 Å². The molecule has 0 bridgehead atoms. The molecular weight excluding hydrogens is 444 g/mol. The molecule has 1 N–H and O–H groups in total. The summed E-state index contributed by atoms with van der Waals surface area (Å²) in [4.78, 5) is 30.5. The lowest BCUT2D eigenvalue weighted by Crippen LogP contribution is -2.28. The molecule has 0 radical (unpaired) electrons. The molecule has 35 heavy (non-hydrogen) atoms. The van der Waals surface area contributed by atoms with Gasteiger partial charge in [0.25, 0.3) is 5.88 Å². The molecule has 0 spiro atoms. The van der Waals surface area contributed by atoms with Gasteiger partial charge in [0.05, 0.1) is 22.7 Å². The predicted octanol–water partition coefficient (Wildman–Crippen LogP) is 3.96. The number of hydrogen-bond acceptors (Lipinski definition) is 6. The van der Waals surface area contributed by atoms with Crippen molar-refractivity contribution in [3.8, 4) is 17.7 Å². The number of aryl methyl sites for hydroxylation is 2. The number of para-hydroxylation sites is 2. The van der Waals surface area contributed by atoms with Gasteiger partial charge < -0.3 is 10.1 Å². The fourth-order valence-electron chi connectivity index (χ4n) is 3.91. The van der Waals surface area contributed by atoms with Crippen LogP contribution in [-0.4, -0.2) is 25.1 Å². The van der Waals surface area contributed by atoms with Gasteiger partial charge in [0.2, 0.25) is 11.6 Å². The number of carbonyl (C=O) groups is 1. The Labute approximate surface area is 199 Å². The molecule has 0 atom stereocenters. The molecule has 172 valence electrons. The molecule has 0 unspecified atom stereocenters. The molecule has 0 aliphatic carbocycles. The Kier molecular flexibility index (Phi) is 5.47.